The van der Waals surface area contributed by atoms with Crippen LogP contribution in [0.15, 0.2) is 48.7 Å². The molecule has 1 N–H and O–H groups in total. The van der Waals surface area contributed by atoms with Crippen LogP contribution in [0.3, 0.4) is 0 Å². The van der Waals surface area contributed by atoms with Crippen molar-refractivity contribution >= 4 is 55.5 Å². The number of H-pyrrole nitrogens is 1. The van der Waals surface area contributed by atoms with Gasteiger partial charge in [0.25, 0.3) is 0 Å². The first-order chi connectivity index (χ1) is 19.5. The number of morpholine rings is 1. The summed E-state index contributed by atoms with van der Waals surface area (Å²) in [6.07, 6.45) is 6.08. The zero-order chi connectivity index (χ0) is 27.6. The first-order valence-electron chi connectivity index (χ1n) is 13.7. The minimum Gasteiger partial charge on any atom is -0.378 e. The highest BCUT2D eigenvalue weighted by Crippen LogP contribution is 2.39. The normalized spacial score (nSPS) is 16.0. The molecule has 0 unspecified atom stereocenters. The third kappa shape index (κ3) is 5.29. The molecule has 1 amide bonds. The number of Topliss-reactive ketones (excluding diaryl/α,β-unsaturated/α-hetero) is 1. The van der Waals surface area contributed by atoms with E-state index in [1.807, 2.05) is 29.3 Å². The van der Waals surface area contributed by atoms with Gasteiger partial charge in [-0.05, 0) is 43.0 Å². The van der Waals surface area contributed by atoms with Gasteiger partial charge in [-0.1, -0.05) is 24.8 Å². The molecular formula is C30H32N6O3S. The lowest BCUT2D eigenvalue weighted by molar-refractivity contribution is -0.130. The molecule has 40 heavy (non-hydrogen) atoms. The van der Waals surface area contributed by atoms with Crippen LogP contribution in [0.2, 0.25) is 0 Å². The number of fused-ring (bicyclic) bond motifs is 2. The Balaban J connectivity index is 1.27. The minimum atomic E-state index is 0.0301. The van der Waals surface area contributed by atoms with E-state index in [1.54, 1.807) is 18.3 Å². The van der Waals surface area contributed by atoms with Gasteiger partial charge in [-0.2, -0.15) is 5.10 Å². The predicted molar refractivity (Wildman–Crippen MR) is 158 cm³/mol. The number of rotatable bonds is 8. The second kappa shape index (κ2) is 11.3. The first kappa shape index (κ1) is 26.3. The summed E-state index contributed by atoms with van der Waals surface area (Å²) >= 11 is 1.72. The molecule has 0 bridgehead atoms. The van der Waals surface area contributed by atoms with Crippen LogP contribution in [-0.2, 0) is 14.3 Å². The van der Waals surface area contributed by atoms with E-state index in [4.69, 9.17) is 14.7 Å². The number of aromatic nitrogens is 4. The lowest BCUT2D eigenvalue weighted by atomic mass is 10.0. The Bertz CT molecular complexity index is 1630. The maximum absolute atomic E-state index is 12.7. The number of amides is 1. The van der Waals surface area contributed by atoms with E-state index in [1.165, 1.54) is 5.57 Å². The summed E-state index contributed by atoms with van der Waals surface area (Å²) in [4.78, 5) is 40.0. The van der Waals surface area contributed by atoms with Crippen LogP contribution in [0.5, 0.6) is 0 Å². The van der Waals surface area contributed by atoms with E-state index in [-0.39, 0.29) is 11.7 Å². The molecule has 0 spiro atoms. The number of allylic oxidation sites excluding steroid dienone is 1. The Labute approximate surface area is 236 Å². The molecule has 6 rings (SSSR count). The van der Waals surface area contributed by atoms with Crippen molar-refractivity contribution in [2.45, 2.75) is 32.6 Å². The van der Waals surface area contributed by atoms with Gasteiger partial charge in [-0.15, -0.1) is 11.3 Å². The number of anilines is 1. The zero-order valence-electron chi connectivity index (χ0n) is 22.6. The molecule has 3 aromatic heterocycles. The topological polar surface area (TPSA) is 104 Å². The maximum Gasteiger partial charge on any atom is 0.222 e. The van der Waals surface area contributed by atoms with Crippen LogP contribution in [0, 0.1) is 0 Å². The molecule has 2 aliphatic heterocycles. The maximum atomic E-state index is 12.7. The Morgan fingerprint density at radius 2 is 2.00 bits per heavy atom. The number of aromatic amines is 1. The summed E-state index contributed by atoms with van der Waals surface area (Å²) in [5.74, 6) is 1.75. The van der Waals surface area contributed by atoms with Crippen molar-refractivity contribution in [2.24, 2.45) is 0 Å². The van der Waals surface area contributed by atoms with Gasteiger partial charge in [0, 0.05) is 54.8 Å². The molecule has 0 radical (unpaired) electrons. The van der Waals surface area contributed by atoms with Crippen LogP contribution in [-0.4, -0.2) is 76.1 Å². The fourth-order valence-corrected chi connectivity index (χ4v) is 6.42. The van der Waals surface area contributed by atoms with Crippen LogP contribution in [0.1, 0.15) is 37.5 Å². The average molecular weight is 557 g/mol. The second-order valence-corrected chi connectivity index (χ2v) is 11.4. The predicted octanol–water partition coefficient (Wildman–Crippen LogP) is 5.00. The number of ketones is 1. The molecule has 1 fully saturated rings. The average Bonchev–Trinajstić information content (AvgIpc) is 3.64. The first-order valence-corrected chi connectivity index (χ1v) is 14.5. The quantitative estimate of drug-likeness (QED) is 0.305. The SMILES string of the molecule is C=C(C)C(=O)CCCC(=O)N1CC=C(c2cc3nc(-c4cccc5[nH]ncc45)nc(N4CCOCC4)c3s2)CC1. The third-order valence-corrected chi connectivity index (χ3v) is 8.73. The Hall–Kier alpha value is -3.89. The largest absolute Gasteiger partial charge is 0.378 e. The van der Waals surface area contributed by atoms with Gasteiger partial charge in [-0.25, -0.2) is 9.97 Å². The van der Waals surface area contributed by atoms with E-state index < -0.39 is 0 Å². The summed E-state index contributed by atoms with van der Waals surface area (Å²) in [5.41, 5.74) is 4.61. The van der Waals surface area contributed by atoms with Crippen molar-refractivity contribution in [1.82, 2.24) is 25.1 Å². The van der Waals surface area contributed by atoms with Gasteiger partial charge < -0.3 is 14.5 Å². The minimum absolute atomic E-state index is 0.0301. The third-order valence-electron chi connectivity index (χ3n) is 7.54. The van der Waals surface area contributed by atoms with E-state index in [0.29, 0.717) is 57.0 Å². The van der Waals surface area contributed by atoms with Crippen molar-refractivity contribution in [3.8, 4) is 11.4 Å². The molecule has 2 aliphatic rings. The lowest BCUT2D eigenvalue weighted by Crippen LogP contribution is -2.36. The smallest absolute Gasteiger partial charge is 0.222 e. The van der Waals surface area contributed by atoms with Gasteiger partial charge in [0.2, 0.25) is 5.91 Å². The summed E-state index contributed by atoms with van der Waals surface area (Å²) in [5, 5.41) is 8.25. The van der Waals surface area contributed by atoms with Crippen molar-refractivity contribution in [3.05, 3.63) is 53.6 Å². The Kier molecular flexibility index (Phi) is 7.44. The van der Waals surface area contributed by atoms with Gasteiger partial charge in [0.05, 0.1) is 35.1 Å². The standard InChI is InChI=1S/C30H32N6O3S/c1-19(2)25(37)7-4-8-27(38)35-11-9-20(10-12-35)26-17-24-28(40-26)30(36-13-15-39-16-14-36)33-29(32-24)21-5-3-6-23-22(21)18-31-34-23/h3,5-6,9,17-18H,1,4,7-8,10-16H2,2H3,(H,31,34). The monoisotopic (exact) mass is 556 g/mol. The van der Waals surface area contributed by atoms with Crippen LogP contribution < -0.4 is 4.90 Å². The van der Waals surface area contributed by atoms with Gasteiger partial charge in [0.1, 0.15) is 0 Å². The van der Waals surface area contributed by atoms with E-state index in [9.17, 15) is 9.59 Å². The van der Waals surface area contributed by atoms with E-state index in [2.05, 4.69) is 33.8 Å². The van der Waals surface area contributed by atoms with Gasteiger partial charge >= 0.3 is 0 Å². The Morgan fingerprint density at radius 3 is 2.77 bits per heavy atom. The van der Waals surface area contributed by atoms with Crippen molar-refractivity contribution in [2.75, 3.05) is 44.3 Å². The molecule has 0 aliphatic carbocycles. The van der Waals surface area contributed by atoms with Crippen LogP contribution in [0.25, 0.3) is 38.1 Å². The molecule has 206 valence electrons. The molecule has 0 saturated carbocycles. The van der Waals surface area contributed by atoms with Gasteiger partial charge in [0.15, 0.2) is 17.4 Å². The molecule has 4 aromatic rings. The summed E-state index contributed by atoms with van der Waals surface area (Å²) in [7, 11) is 0. The molecule has 1 aromatic carbocycles. The fraction of sp³-hybridized carbons (Fsp3) is 0.367. The fourth-order valence-electron chi connectivity index (χ4n) is 5.24. The highest BCUT2D eigenvalue weighted by Gasteiger charge is 2.24. The second-order valence-electron chi connectivity index (χ2n) is 10.3. The highest BCUT2D eigenvalue weighted by atomic mass is 32.1. The molecule has 9 nitrogen and oxygen atoms in total. The lowest BCUT2D eigenvalue weighted by Gasteiger charge is -2.28. The van der Waals surface area contributed by atoms with Crippen molar-refractivity contribution in [3.63, 3.8) is 0 Å². The number of nitrogens with zero attached hydrogens (tertiary/aromatic N) is 5. The molecule has 10 heteroatoms. The number of hydrogen-bond acceptors (Lipinski definition) is 8. The highest BCUT2D eigenvalue weighted by molar-refractivity contribution is 7.20. The molecule has 1 saturated heterocycles. The zero-order valence-corrected chi connectivity index (χ0v) is 23.4. The number of thiophene rings is 1. The van der Waals surface area contributed by atoms with Gasteiger partial charge in [-0.3, -0.25) is 14.7 Å². The van der Waals surface area contributed by atoms with Crippen molar-refractivity contribution in [1.29, 1.82) is 0 Å². The molecular weight excluding hydrogens is 524 g/mol. The number of hydrogen-bond donors (Lipinski definition) is 1. The number of carbonyl (C=O) groups excluding carboxylic acids is 2. The van der Waals surface area contributed by atoms with Crippen LogP contribution >= 0.6 is 11.3 Å². The van der Waals surface area contributed by atoms with Crippen LogP contribution in [0.4, 0.5) is 5.82 Å². The number of nitrogens with one attached hydrogen (secondary N) is 1. The van der Waals surface area contributed by atoms with E-state index >= 15 is 0 Å². The Morgan fingerprint density at radius 1 is 1.15 bits per heavy atom. The summed E-state index contributed by atoms with van der Waals surface area (Å²) < 4.78 is 6.69. The summed E-state index contributed by atoms with van der Waals surface area (Å²) in [6.45, 7) is 9.56. The number of benzene rings is 1. The van der Waals surface area contributed by atoms with Crippen molar-refractivity contribution < 1.29 is 14.3 Å². The molecule has 0 atom stereocenters. The summed E-state index contributed by atoms with van der Waals surface area (Å²) in [6, 6.07) is 8.20. The number of ether oxygens (including phenoxy) is 1. The number of carbonyl (C=O) groups is 2. The molecule has 5 heterocycles. The van der Waals surface area contributed by atoms with E-state index in [0.717, 1.165) is 56.9 Å².